The van der Waals surface area contributed by atoms with Crippen molar-refractivity contribution in [2.45, 2.75) is 12.8 Å². The summed E-state index contributed by atoms with van der Waals surface area (Å²) in [5.74, 6) is -0.0424. The Morgan fingerprint density at radius 2 is 2.00 bits per heavy atom. The van der Waals surface area contributed by atoms with Gasteiger partial charge in [-0.2, -0.15) is 0 Å². The van der Waals surface area contributed by atoms with E-state index in [-0.39, 0.29) is 12.4 Å². The number of esters is 1. The zero-order valence-corrected chi connectivity index (χ0v) is 16.1. The van der Waals surface area contributed by atoms with Gasteiger partial charge in [0.15, 0.2) is 6.61 Å². The van der Waals surface area contributed by atoms with E-state index in [2.05, 4.69) is 4.98 Å². The van der Waals surface area contributed by atoms with E-state index in [1.165, 1.54) is 0 Å². The Balaban J connectivity index is 1.53. The van der Waals surface area contributed by atoms with Crippen molar-refractivity contribution in [1.82, 2.24) is 9.97 Å². The number of nitrogens with one attached hydrogen (secondary N) is 1. The van der Waals surface area contributed by atoms with Gasteiger partial charge in [0.05, 0.1) is 28.7 Å². The monoisotopic (exact) mass is 398 g/mol. The summed E-state index contributed by atoms with van der Waals surface area (Å²) in [5.41, 5.74) is 4.26. The molecule has 4 aromatic rings. The van der Waals surface area contributed by atoms with Crippen molar-refractivity contribution in [3.05, 3.63) is 89.3 Å². The van der Waals surface area contributed by atoms with Crippen molar-refractivity contribution in [2.24, 2.45) is 0 Å². The third kappa shape index (κ3) is 3.22. The van der Waals surface area contributed by atoms with E-state index < -0.39 is 5.97 Å². The smallest absolute Gasteiger partial charge is 0.339 e. The van der Waals surface area contributed by atoms with E-state index in [9.17, 15) is 9.59 Å². The number of rotatable bonds is 5. The average molecular weight is 398 g/mol. The summed E-state index contributed by atoms with van der Waals surface area (Å²) in [6.45, 7) is -0.320. The number of benzene rings is 1. The van der Waals surface area contributed by atoms with E-state index in [1.807, 2.05) is 42.5 Å². The lowest BCUT2D eigenvalue weighted by molar-refractivity contribution is 0.0474. The number of aromatic amines is 1. The number of para-hydroxylation sites is 1. The Hall–Kier alpha value is -3.93. The van der Waals surface area contributed by atoms with Crippen molar-refractivity contribution in [2.75, 3.05) is 6.61 Å². The molecule has 3 aromatic heterocycles. The number of aromatic nitrogens is 2. The van der Waals surface area contributed by atoms with Crippen LogP contribution in [-0.4, -0.2) is 28.3 Å². The summed E-state index contributed by atoms with van der Waals surface area (Å²) in [4.78, 5) is 32.9. The fraction of sp³-hybridized carbons (Fsp3) is 0.125. The second-order valence-electron chi connectivity index (χ2n) is 7.10. The minimum absolute atomic E-state index is 0.276. The van der Waals surface area contributed by atoms with Gasteiger partial charge in [-0.05, 0) is 60.4 Å². The first-order chi connectivity index (χ1) is 14.7. The van der Waals surface area contributed by atoms with Crippen LogP contribution in [0.5, 0.6) is 0 Å². The maximum Gasteiger partial charge on any atom is 0.339 e. The summed E-state index contributed by atoms with van der Waals surface area (Å²) in [6, 6.07) is 14.6. The van der Waals surface area contributed by atoms with Crippen molar-refractivity contribution in [3.8, 4) is 0 Å². The van der Waals surface area contributed by atoms with Crippen LogP contribution in [0.15, 0.2) is 65.4 Å². The Kier molecular flexibility index (Phi) is 4.52. The van der Waals surface area contributed by atoms with Crippen molar-refractivity contribution in [1.29, 1.82) is 0 Å². The van der Waals surface area contributed by atoms with E-state index >= 15 is 0 Å². The van der Waals surface area contributed by atoms with Crippen LogP contribution in [0.1, 0.15) is 44.3 Å². The molecular weight excluding hydrogens is 380 g/mol. The van der Waals surface area contributed by atoms with E-state index in [0.29, 0.717) is 23.2 Å². The molecule has 1 N–H and O–H groups in total. The van der Waals surface area contributed by atoms with Crippen molar-refractivity contribution < 1.29 is 18.7 Å². The van der Waals surface area contributed by atoms with E-state index in [0.717, 1.165) is 34.4 Å². The predicted molar refractivity (Wildman–Crippen MR) is 112 cm³/mol. The highest BCUT2D eigenvalue weighted by molar-refractivity contribution is 6.08. The number of nitrogens with zero attached hydrogens (tertiary/aromatic N) is 1. The van der Waals surface area contributed by atoms with Crippen LogP contribution in [0, 0.1) is 0 Å². The molecule has 0 bridgehead atoms. The van der Waals surface area contributed by atoms with Gasteiger partial charge in [-0.15, -0.1) is 0 Å². The van der Waals surface area contributed by atoms with Crippen LogP contribution in [0.4, 0.5) is 0 Å². The Morgan fingerprint density at radius 3 is 2.80 bits per heavy atom. The summed E-state index contributed by atoms with van der Waals surface area (Å²) in [7, 11) is 0. The first-order valence-electron chi connectivity index (χ1n) is 9.70. The molecule has 0 radical (unpaired) electrons. The quantitative estimate of drug-likeness (QED) is 0.390. The van der Waals surface area contributed by atoms with E-state index in [1.54, 1.807) is 24.6 Å². The van der Waals surface area contributed by atoms with Crippen LogP contribution in [0.25, 0.3) is 22.6 Å². The highest BCUT2D eigenvalue weighted by atomic mass is 16.5. The normalized spacial score (nSPS) is 14.2. The molecular formula is C24H18N2O4. The predicted octanol–water partition coefficient (Wildman–Crippen LogP) is 4.68. The molecule has 0 saturated heterocycles. The number of H-pyrrole nitrogens is 1. The minimum atomic E-state index is -0.510. The molecule has 0 aliphatic heterocycles. The summed E-state index contributed by atoms with van der Waals surface area (Å²) >= 11 is 0. The molecule has 0 fully saturated rings. The number of hydrogen-bond donors (Lipinski definition) is 1. The summed E-state index contributed by atoms with van der Waals surface area (Å²) in [6.07, 6.45) is 6.67. The molecule has 0 saturated carbocycles. The molecule has 30 heavy (non-hydrogen) atoms. The van der Waals surface area contributed by atoms with Gasteiger partial charge in [0.25, 0.3) is 0 Å². The van der Waals surface area contributed by atoms with Gasteiger partial charge >= 0.3 is 5.97 Å². The lowest BCUT2D eigenvalue weighted by atomic mass is 10.0. The Bertz CT molecular complexity index is 1270. The Morgan fingerprint density at radius 1 is 1.10 bits per heavy atom. The highest BCUT2D eigenvalue weighted by Crippen LogP contribution is 2.37. The van der Waals surface area contributed by atoms with Gasteiger partial charge in [-0.3, -0.25) is 4.79 Å². The molecule has 0 unspecified atom stereocenters. The van der Waals surface area contributed by atoms with Crippen LogP contribution >= 0.6 is 0 Å². The number of pyridine rings is 1. The molecule has 1 aliphatic rings. The fourth-order valence-corrected chi connectivity index (χ4v) is 3.84. The number of allylic oxidation sites excluding steroid dienone is 1. The largest absolute Gasteiger partial charge is 0.465 e. The van der Waals surface area contributed by atoms with Gasteiger partial charge in [0.2, 0.25) is 5.78 Å². The molecule has 6 heteroatoms. The molecule has 1 aliphatic carbocycles. The number of ketones is 1. The van der Waals surface area contributed by atoms with E-state index in [4.69, 9.17) is 14.1 Å². The number of fused-ring (bicyclic) bond motifs is 2. The molecule has 148 valence electrons. The molecule has 5 rings (SSSR count). The topological polar surface area (TPSA) is 85.2 Å². The number of carbonyl (C=O) groups is 2. The minimum Gasteiger partial charge on any atom is -0.465 e. The van der Waals surface area contributed by atoms with Gasteiger partial charge < -0.3 is 14.1 Å². The number of Topliss-reactive ketones (excluding diaryl/α,β-unsaturated/α-hetero) is 1. The number of furan rings is 1. The van der Waals surface area contributed by atoms with Gasteiger partial charge in [-0.1, -0.05) is 18.2 Å². The number of ether oxygens (including phenoxy) is 1. The third-order valence-electron chi connectivity index (χ3n) is 5.24. The third-order valence-corrected chi connectivity index (χ3v) is 5.24. The van der Waals surface area contributed by atoms with Crippen molar-refractivity contribution in [3.63, 3.8) is 0 Å². The first kappa shape index (κ1) is 18.1. The van der Waals surface area contributed by atoms with Crippen LogP contribution in [0.3, 0.4) is 0 Å². The maximum atomic E-state index is 13.1. The van der Waals surface area contributed by atoms with Crippen LogP contribution in [0.2, 0.25) is 0 Å². The van der Waals surface area contributed by atoms with Gasteiger partial charge in [-0.25, -0.2) is 9.78 Å². The SMILES string of the molecule is O=C(COC(=O)c1c2c(nc3ccccc13)/C(=C\c1ccco1)CC2)c1ccc[nH]1. The first-order valence-corrected chi connectivity index (χ1v) is 9.70. The number of hydrogen-bond acceptors (Lipinski definition) is 5. The molecule has 3 heterocycles. The van der Waals surface area contributed by atoms with Gasteiger partial charge in [0, 0.05) is 11.6 Å². The number of carbonyl (C=O) groups excluding carboxylic acids is 2. The lowest BCUT2D eigenvalue weighted by Gasteiger charge is -2.12. The Labute approximate surface area is 172 Å². The second kappa shape index (κ2) is 7.48. The van der Waals surface area contributed by atoms with Crippen LogP contribution in [-0.2, 0) is 11.2 Å². The lowest BCUT2D eigenvalue weighted by Crippen LogP contribution is -2.16. The highest BCUT2D eigenvalue weighted by Gasteiger charge is 2.28. The molecule has 0 amide bonds. The molecule has 0 spiro atoms. The van der Waals surface area contributed by atoms with Gasteiger partial charge in [0.1, 0.15) is 5.76 Å². The second-order valence-corrected chi connectivity index (χ2v) is 7.10. The standard InChI is InChI=1S/C24H18N2O4/c27-21(20-8-3-11-25-20)14-30-24(28)22-17-6-1-2-7-19(17)26-23-15(9-10-18(22)23)13-16-5-4-12-29-16/h1-8,11-13,25H,9-10,14H2/b15-13-. The maximum absolute atomic E-state index is 13.1. The molecule has 1 aromatic carbocycles. The fourth-order valence-electron chi connectivity index (χ4n) is 3.84. The average Bonchev–Trinajstić information content (AvgIpc) is 3.53. The summed E-state index contributed by atoms with van der Waals surface area (Å²) in [5, 5.41) is 0.729. The zero-order valence-electron chi connectivity index (χ0n) is 16.1. The zero-order chi connectivity index (χ0) is 20.5. The summed E-state index contributed by atoms with van der Waals surface area (Å²) < 4.78 is 10.9. The van der Waals surface area contributed by atoms with Crippen molar-refractivity contribution >= 4 is 34.3 Å². The molecule has 0 atom stereocenters. The molecule has 6 nitrogen and oxygen atoms in total. The van der Waals surface area contributed by atoms with Crippen LogP contribution < -0.4 is 0 Å².